The Morgan fingerprint density at radius 1 is 1.60 bits per heavy atom. The Balaban J connectivity index is 3.62. The van der Waals surface area contributed by atoms with Gasteiger partial charge < -0.3 is 15.5 Å². The average molecular weight is 147 g/mol. The van der Waals surface area contributed by atoms with Gasteiger partial charge in [-0.15, -0.1) is 0 Å². The molecule has 4 nitrogen and oxygen atoms in total. The second kappa shape index (κ2) is 4.24. The molecule has 0 aromatic heterocycles. The molecule has 0 heterocycles. The van der Waals surface area contributed by atoms with Crippen molar-refractivity contribution in [3.05, 3.63) is 0 Å². The number of hydrogen-bond acceptors (Lipinski definition) is 3. The van der Waals surface area contributed by atoms with Crippen LogP contribution in [0.4, 0.5) is 0 Å². The Labute approximate surface area is 59.9 Å². The highest BCUT2D eigenvalue weighted by molar-refractivity contribution is 5.80. The highest BCUT2D eigenvalue weighted by Crippen LogP contribution is 1.83. The number of carbonyl (C=O) groups excluding carboxylic acids is 1. The number of carbonyl (C=O) groups is 1. The molecule has 0 unspecified atom stereocenters. The van der Waals surface area contributed by atoms with Gasteiger partial charge in [-0.05, 0) is 13.8 Å². The van der Waals surface area contributed by atoms with Crippen LogP contribution in [0.3, 0.4) is 0 Å². The van der Waals surface area contributed by atoms with Gasteiger partial charge in [0.15, 0.2) is 6.10 Å². The van der Waals surface area contributed by atoms with Crippen LogP contribution in [0.2, 0.25) is 0 Å². The van der Waals surface area contributed by atoms with E-state index >= 15 is 0 Å². The second-order valence-electron chi connectivity index (χ2n) is 2.36. The van der Waals surface area contributed by atoms with Gasteiger partial charge in [0.1, 0.15) is 0 Å². The molecule has 0 saturated heterocycles. The van der Waals surface area contributed by atoms with Crippen LogP contribution in [0.5, 0.6) is 0 Å². The van der Waals surface area contributed by atoms with Gasteiger partial charge in [-0.25, -0.2) is 0 Å². The smallest absolute Gasteiger partial charge is 0.251 e. The van der Waals surface area contributed by atoms with Crippen LogP contribution in [0.25, 0.3) is 0 Å². The fraction of sp³-hybridized carbons (Fsp3) is 0.833. The third-order valence-electron chi connectivity index (χ3n) is 0.907. The Kier molecular flexibility index (Phi) is 3.99. The van der Waals surface area contributed by atoms with E-state index in [1.54, 1.807) is 13.8 Å². The van der Waals surface area contributed by atoms with E-state index in [0.717, 1.165) is 0 Å². The summed E-state index contributed by atoms with van der Waals surface area (Å²) in [5.74, 6) is -0.530. The third-order valence-corrected chi connectivity index (χ3v) is 0.907. The zero-order chi connectivity index (χ0) is 8.15. The van der Waals surface area contributed by atoms with Crippen molar-refractivity contribution in [3.8, 4) is 0 Å². The van der Waals surface area contributed by atoms with Gasteiger partial charge in [0.2, 0.25) is 0 Å². The van der Waals surface area contributed by atoms with Crippen LogP contribution < -0.4 is 5.32 Å². The van der Waals surface area contributed by atoms with E-state index in [1.165, 1.54) is 0 Å². The summed E-state index contributed by atoms with van der Waals surface area (Å²) in [4.78, 5) is 10.7. The van der Waals surface area contributed by atoms with E-state index in [2.05, 4.69) is 5.32 Å². The molecule has 0 aliphatic heterocycles. The second-order valence-corrected chi connectivity index (χ2v) is 2.36. The van der Waals surface area contributed by atoms with Crippen LogP contribution in [-0.2, 0) is 4.79 Å². The predicted molar refractivity (Wildman–Crippen MR) is 36.4 cm³/mol. The lowest BCUT2D eigenvalue weighted by Crippen LogP contribution is -2.40. The van der Waals surface area contributed by atoms with Gasteiger partial charge in [0, 0.05) is 6.04 Å². The van der Waals surface area contributed by atoms with Crippen molar-refractivity contribution in [2.24, 2.45) is 0 Å². The molecule has 0 aromatic rings. The van der Waals surface area contributed by atoms with Crippen LogP contribution >= 0.6 is 0 Å². The molecule has 0 rings (SSSR count). The maximum absolute atomic E-state index is 10.7. The van der Waals surface area contributed by atoms with Gasteiger partial charge in [-0.2, -0.15) is 0 Å². The molecule has 0 fully saturated rings. The minimum Gasteiger partial charge on any atom is -0.393 e. The SMILES string of the molecule is CC(C)NC(=O)[C@@H](O)CO. The van der Waals surface area contributed by atoms with Gasteiger partial charge in [0.05, 0.1) is 6.61 Å². The molecule has 3 N–H and O–H groups in total. The number of aliphatic hydroxyl groups is 2. The van der Waals surface area contributed by atoms with Crippen LogP contribution in [0, 0.1) is 0 Å². The topological polar surface area (TPSA) is 69.6 Å². The minimum absolute atomic E-state index is 0.00583. The van der Waals surface area contributed by atoms with Crippen molar-refractivity contribution in [2.45, 2.75) is 26.0 Å². The van der Waals surface area contributed by atoms with E-state index in [0.29, 0.717) is 0 Å². The van der Waals surface area contributed by atoms with E-state index in [-0.39, 0.29) is 6.04 Å². The van der Waals surface area contributed by atoms with E-state index in [1.807, 2.05) is 0 Å². The van der Waals surface area contributed by atoms with Crippen molar-refractivity contribution in [1.29, 1.82) is 0 Å². The Morgan fingerprint density at radius 2 is 2.10 bits per heavy atom. The van der Waals surface area contributed by atoms with Crippen LogP contribution in [0.15, 0.2) is 0 Å². The summed E-state index contributed by atoms with van der Waals surface area (Å²) in [6.07, 6.45) is -1.29. The molecular weight excluding hydrogens is 134 g/mol. The first-order valence-electron chi connectivity index (χ1n) is 3.17. The van der Waals surface area contributed by atoms with Crippen molar-refractivity contribution < 1.29 is 15.0 Å². The van der Waals surface area contributed by atoms with E-state index < -0.39 is 18.6 Å². The fourth-order valence-corrected chi connectivity index (χ4v) is 0.464. The van der Waals surface area contributed by atoms with Crippen LogP contribution in [0.1, 0.15) is 13.8 Å². The van der Waals surface area contributed by atoms with Gasteiger partial charge in [-0.3, -0.25) is 4.79 Å². The fourth-order valence-electron chi connectivity index (χ4n) is 0.464. The number of hydrogen-bond donors (Lipinski definition) is 3. The summed E-state index contributed by atoms with van der Waals surface area (Å²) < 4.78 is 0. The minimum atomic E-state index is -1.29. The summed E-state index contributed by atoms with van der Waals surface area (Å²) in [6.45, 7) is 3.03. The standard InChI is InChI=1S/C6H13NO3/c1-4(2)7-6(10)5(9)3-8/h4-5,8-9H,3H2,1-2H3,(H,7,10)/t5-/m0/s1. The lowest BCUT2D eigenvalue weighted by molar-refractivity contribution is -0.131. The summed E-state index contributed by atoms with van der Waals surface area (Å²) in [5.41, 5.74) is 0. The molecule has 0 aromatic carbocycles. The quantitative estimate of drug-likeness (QED) is 0.473. The molecule has 0 radical (unpaired) electrons. The molecule has 60 valence electrons. The van der Waals surface area contributed by atoms with Crippen molar-refractivity contribution in [2.75, 3.05) is 6.61 Å². The zero-order valence-electron chi connectivity index (χ0n) is 6.16. The number of aliphatic hydroxyl groups excluding tert-OH is 2. The van der Waals surface area contributed by atoms with Crippen molar-refractivity contribution >= 4 is 5.91 Å². The number of amides is 1. The molecule has 1 atom stereocenters. The monoisotopic (exact) mass is 147 g/mol. The Morgan fingerprint density at radius 3 is 2.40 bits per heavy atom. The molecule has 10 heavy (non-hydrogen) atoms. The lowest BCUT2D eigenvalue weighted by atomic mass is 10.3. The highest BCUT2D eigenvalue weighted by atomic mass is 16.3. The molecule has 0 saturated carbocycles. The first kappa shape index (κ1) is 9.39. The molecule has 0 bridgehead atoms. The van der Waals surface area contributed by atoms with Crippen LogP contribution in [-0.4, -0.2) is 34.9 Å². The van der Waals surface area contributed by atoms with Crippen molar-refractivity contribution in [1.82, 2.24) is 5.32 Å². The van der Waals surface area contributed by atoms with Crippen molar-refractivity contribution in [3.63, 3.8) is 0 Å². The normalized spacial score (nSPS) is 13.3. The van der Waals surface area contributed by atoms with Gasteiger partial charge in [0.25, 0.3) is 5.91 Å². The lowest BCUT2D eigenvalue weighted by Gasteiger charge is -2.10. The first-order valence-corrected chi connectivity index (χ1v) is 3.17. The third kappa shape index (κ3) is 3.42. The molecule has 1 amide bonds. The zero-order valence-corrected chi connectivity index (χ0v) is 6.16. The summed E-state index contributed by atoms with van der Waals surface area (Å²) in [5, 5.41) is 19.5. The Hall–Kier alpha value is -0.610. The van der Waals surface area contributed by atoms with Gasteiger partial charge >= 0.3 is 0 Å². The Bertz CT molecular complexity index is 114. The number of nitrogens with one attached hydrogen (secondary N) is 1. The maximum Gasteiger partial charge on any atom is 0.251 e. The summed E-state index contributed by atoms with van der Waals surface area (Å²) in [6, 6.07) is -0.00583. The van der Waals surface area contributed by atoms with Gasteiger partial charge in [-0.1, -0.05) is 0 Å². The molecule has 0 aliphatic carbocycles. The van der Waals surface area contributed by atoms with E-state index in [4.69, 9.17) is 10.2 Å². The molecule has 0 spiro atoms. The largest absolute Gasteiger partial charge is 0.393 e. The molecule has 4 heteroatoms. The summed E-state index contributed by atoms with van der Waals surface area (Å²) in [7, 11) is 0. The number of rotatable bonds is 3. The predicted octanol–water partition coefficient (Wildman–Crippen LogP) is -1.14. The highest BCUT2D eigenvalue weighted by Gasteiger charge is 2.13. The average Bonchev–Trinajstić information content (AvgIpc) is 1.85. The summed E-state index contributed by atoms with van der Waals surface area (Å²) >= 11 is 0. The molecular formula is C6H13NO3. The van der Waals surface area contributed by atoms with E-state index in [9.17, 15) is 4.79 Å². The maximum atomic E-state index is 10.7. The molecule has 0 aliphatic rings. The first-order chi connectivity index (χ1) is 4.57.